The summed E-state index contributed by atoms with van der Waals surface area (Å²) in [6, 6.07) is 3.74. The van der Waals surface area contributed by atoms with E-state index in [2.05, 4.69) is 6.07 Å². The van der Waals surface area contributed by atoms with Crippen molar-refractivity contribution in [2.75, 3.05) is 13.1 Å². The van der Waals surface area contributed by atoms with Crippen LogP contribution in [-0.4, -0.2) is 25.8 Å². The molecule has 0 spiro atoms. The van der Waals surface area contributed by atoms with Crippen molar-refractivity contribution in [2.24, 2.45) is 5.92 Å². The number of hydrogen-bond acceptors (Lipinski definition) is 4. The van der Waals surface area contributed by atoms with E-state index in [9.17, 15) is 8.42 Å². The van der Waals surface area contributed by atoms with Crippen molar-refractivity contribution in [3.05, 3.63) is 16.0 Å². The molecule has 98 valence electrons. The Morgan fingerprint density at radius 3 is 2.89 bits per heavy atom. The van der Waals surface area contributed by atoms with Gasteiger partial charge in [-0.25, -0.2) is 8.42 Å². The average Bonchev–Trinajstić information content (AvgIpc) is 2.70. The van der Waals surface area contributed by atoms with Crippen molar-refractivity contribution in [1.82, 2.24) is 4.31 Å². The predicted molar refractivity (Wildman–Crippen MR) is 71.2 cm³/mol. The first kappa shape index (κ1) is 13.8. The SMILES string of the molecule is Cc1cc(S(=O)(=O)N2CCCC(C#N)C2)sc1Cl. The lowest BCUT2D eigenvalue weighted by molar-refractivity contribution is 0.305. The molecule has 0 radical (unpaired) electrons. The van der Waals surface area contributed by atoms with E-state index in [1.54, 1.807) is 13.0 Å². The van der Waals surface area contributed by atoms with Crippen molar-refractivity contribution in [1.29, 1.82) is 5.26 Å². The molecule has 1 saturated heterocycles. The van der Waals surface area contributed by atoms with Gasteiger partial charge in [0.1, 0.15) is 4.21 Å². The number of nitriles is 1. The van der Waals surface area contributed by atoms with E-state index in [0.29, 0.717) is 10.9 Å². The maximum absolute atomic E-state index is 12.4. The third kappa shape index (κ3) is 2.54. The number of aryl methyl sites for hydroxylation is 1. The van der Waals surface area contributed by atoms with E-state index in [-0.39, 0.29) is 16.7 Å². The zero-order valence-electron chi connectivity index (χ0n) is 9.89. The molecule has 2 rings (SSSR count). The maximum Gasteiger partial charge on any atom is 0.252 e. The molecule has 1 aromatic rings. The highest BCUT2D eigenvalue weighted by atomic mass is 35.5. The summed E-state index contributed by atoms with van der Waals surface area (Å²) in [7, 11) is -3.49. The Morgan fingerprint density at radius 1 is 1.61 bits per heavy atom. The largest absolute Gasteiger partial charge is 0.252 e. The molecule has 0 aliphatic carbocycles. The number of rotatable bonds is 2. The topological polar surface area (TPSA) is 61.2 Å². The molecule has 0 aromatic carbocycles. The first-order chi connectivity index (χ1) is 8.45. The number of halogens is 1. The number of sulfonamides is 1. The summed E-state index contributed by atoms with van der Waals surface area (Å²) >= 11 is 6.99. The van der Waals surface area contributed by atoms with Crippen LogP contribution in [0.3, 0.4) is 0 Å². The van der Waals surface area contributed by atoms with Crippen LogP contribution in [0.4, 0.5) is 0 Å². The van der Waals surface area contributed by atoms with Gasteiger partial charge < -0.3 is 0 Å². The molecule has 1 fully saturated rings. The lowest BCUT2D eigenvalue weighted by Crippen LogP contribution is -2.39. The summed E-state index contributed by atoms with van der Waals surface area (Å²) < 4.78 is 26.9. The van der Waals surface area contributed by atoms with Crippen LogP contribution in [0.25, 0.3) is 0 Å². The van der Waals surface area contributed by atoms with Gasteiger partial charge in [-0.05, 0) is 31.4 Å². The lowest BCUT2D eigenvalue weighted by atomic mass is 10.0. The minimum absolute atomic E-state index is 0.204. The summed E-state index contributed by atoms with van der Waals surface area (Å²) in [5.74, 6) is -0.204. The number of nitrogens with zero attached hydrogens (tertiary/aromatic N) is 2. The van der Waals surface area contributed by atoms with Gasteiger partial charge in [0.05, 0.1) is 16.3 Å². The molecule has 18 heavy (non-hydrogen) atoms. The van der Waals surface area contributed by atoms with E-state index >= 15 is 0 Å². The van der Waals surface area contributed by atoms with E-state index in [1.807, 2.05) is 0 Å². The molecule has 1 atom stereocenters. The lowest BCUT2D eigenvalue weighted by Gasteiger charge is -2.28. The summed E-state index contributed by atoms with van der Waals surface area (Å²) in [5.41, 5.74) is 0.772. The fraction of sp³-hybridized carbons (Fsp3) is 0.545. The highest BCUT2D eigenvalue weighted by molar-refractivity contribution is 7.91. The fourth-order valence-corrected chi connectivity index (χ4v) is 5.34. The Balaban J connectivity index is 2.29. The maximum atomic E-state index is 12.4. The minimum Gasteiger partial charge on any atom is -0.206 e. The molecule has 0 bridgehead atoms. The number of thiophene rings is 1. The molecule has 1 unspecified atom stereocenters. The van der Waals surface area contributed by atoms with Crippen molar-refractivity contribution < 1.29 is 8.42 Å². The van der Waals surface area contributed by atoms with Crippen LogP contribution in [0, 0.1) is 24.2 Å². The standard InChI is InChI=1S/C11H13ClN2O2S2/c1-8-5-10(17-11(8)12)18(15,16)14-4-2-3-9(6-13)7-14/h5,9H,2-4,7H2,1H3. The third-order valence-electron chi connectivity index (χ3n) is 3.00. The van der Waals surface area contributed by atoms with Crippen molar-refractivity contribution >= 4 is 33.0 Å². The zero-order chi connectivity index (χ0) is 13.3. The van der Waals surface area contributed by atoms with Gasteiger partial charge in [0.15, 0.2) is 0 Å². The highest BCUT2D eigenvalue weighted by Gasteiger charge is 2.31. The molecule has 1 aliphatic rings. The molecule has 0 amide bonds. The summed E-state index contributed by atoms with van der Waals surface area (Å²) in [5, 5.41) is 8.90. The highest BCUT2D eigenvalue weighted by Crippen LogP contribution is 2.33. The van der Waals surface area contributed by atoms with Crippen molar-refractivity contribution in [3.63, 3.8) is 0 Å². The van der Waals surface area contributed by atoms with Gasteiger partial charge in [0.2, 0.25) is 0 Å². The summed E-state index contributed by atoms with van der Waals surface area (Å²) in [4.78, 5) is 0. The van der Waals surface area contributed by atoms with Crippen molar-refractivity contribution in [3.8, 4) is 6.07 Å². The van der Waals surface area contributed by atoms with E-state index in [4.69, 9.17) is 16.9 Å². The second-order valence-electron chi connectivity index (χ2n) is 4.35. The Morgan fingerprint density at radius 2 is 2.33 bits per heavy atom. The van der Waals surface area contributed by atoms with Gasteiger partial charge in [-0.15, -0.1) is 11.3 Å². The van der Waals surface area contributed by atoms with Crippen LogP contribution in [0.2, 0.25) is 4.34 Å². The Hall–Kier alpha value is -0.610. The second-order valence-corrected chi connectivity index (χ2v) is 8.17. The predicted octanol–water partition coefficient (Wildman–Crippen LogP) is 2.63. The molecule has 7 heteroatoms. The fourth-order valence-electron chi connectivity index (χ4n) is 1.95. The Bertz CT molecular complexity index is 569. The molecule has 2 heterocycles. The van der Waals surface area contributed by atoms with E-state index < -0.39 is 10.0 Å². The normalized spacial score (nSPS) is 21.7. The first-order valence-corrected chi connectivity index (χ1v) is 8.24. The van der Waals surface area contributed by atoms with Gasteiger partial charge in [-0.2, -0.15) is 9.57 Å². The third-order valence-corrected chi connectivity index (χ3v) is 6.86. The quantitative estimate of drug-likeness (QED) is 0.844. The smallest absolute Gasteiger partial charge is 0.206 e. The molecule has 4 nitrogen and oxygen atoms in total. The number of hydrogen-bond donors (Lipinski definition) is 0. The van der Waals surface area contributed by atoms with E-state index in [0.717, 1.165) is 29.7 Å². The first-order valence-electron chi connectivity index (χ1n) is 5.61. The molecule has 1 aromatic heterocycles. The monoisotopic (exact) mass is 304 g/mol. The second kappa shape index (κ2) is 5.17. The van der Waals surface area contributed by atoms with E-state index in [1.165, 1.54) is 4.31 Å². The van der Waals surface area contributed by atoms with Crippen LogP contribution in [0.1, 0.15) is 18.4 Å². The molecule has 0 saturated carbocycles. The molecule has 0 N–H and O–H groups in total. The van der Waals surface area contributed by atoms with Crippen LogP contribution in [0.15, 0.2) is 10.3 Å². The van der Waals surface area contributed by atoms with Crippen LogP contribution in [0.5, 0.6) is 0 Å². The van der Waals surface area contributed by atoms with Gasteiger partial charge in [-0.3, -0.25) is 0 Å². The average molecular weight is 305 g/mol. The molecule has 1 aliphatic heterocycles. The minimum atomic E-state index is -3.49. The Kier molecular flexibility index (Phi) is 3.97. The van der Waals surface area contributed by atoms with Crippen LogP contribution in [-0.2, 0) is 10.0 Å². The van der Waals surface area contributed by atoms with Crippen LogP contribution < -0.4 is 0 Å². The number of piperidine rings is 1. The van der Waals surface area contributed by atoms with Gasteiger partial charge in [0.25, 0.3) is 10.0 Å². The Labute approximate surface area is 116 Å². The van der Waals surface area contributed by atoms with Crippen molar-refractivity contribution in [2.45, 2.75) is 24.0 Å². The van der Waals surface area contributed by atoms with Crippen LogP contribution >= 0.6 is 22.9 Å². The molecular formula is C11H13ClN2O2S2. The molecular weight excluding hydrogens is 292 g/mol. The summed E-state index contributed by atoms with van der Waals surface area (Å²) in [6.45, 7) is 2.55. The van der Waals surface area contributed by atoms with Gasteiger partial charge >= 0.3 is 0 Å². The zero-order valence-corrected chi connectivity index (χ0v) is 12.3. The summed E-state index contributed by atoms with van der Waals surface area (Å²) in [6.07, 6.45) is 1.50. The van der Waals surface area contributed by atoms with Gasteiger partial charge in [0, 0.05) is 13.1 Å². The van der Waals surface area contributed by atoms with Gasteiger partial charge in [-0.1, -0.05) is 11.6 Å².